The van der Waals surface area contributed by atoms with Gasteiger partial charge in [-0.25, -0.2) is 0 Å². The van der Waals surface area contributed by atoms with E-state index >= 15 is 0 Å². The highest BCUT2D eigenvalue weighted by Gasteiger charge is 2.29. The molecule has 2 rings (SSSR count). The summed E-state index contributed by atoms with van der Waals surface area (Å²) >= 11 is 0. The van der Waals surface area contributed by atoms with Crippen LogP contribution in [0.5, 0.6) is 0 Å². The lowest BCUT2D eigenvalue weighted by Crippen LogP contribution is -2.39. The molecule has 1 unspecified atom stereocenters. The van der Waals surface area contributed by atoms with Gasteiger partial charge in [-0.15, -0.1) is 10.2 Å². The van der Waals surface area contributed by atoms with Crippen LogP contribution in [0, 0.1) is 5.92 Å². The van der Waals surface area contributed by atoms with E-state index in [9.17, 15) is 0 Å². The van der Waals surface area contributed by atoms with Crippen molar-refractivity contribution in [2.45, 2.75) is 52.6 Å². The monoisotopic (exact) mass is 222 g/mol. The fraction of sp³-hybridized carbons (Fsp3) is 0.833. The number of rotatable bonds is 3. The van der Waals surface area contributed by atoms with Gasteiger partial charge < -0.3 is 9.88 Å². The Morgan fingerprint density at radius 1 is 1.44 bits per heavy atom. The number of nitrogens with zero attached hydrogens (tertiary/aromatic N) is 3. The van der Waals surface area contributed by atoms with Crippen molar-refractivity contribution in [3.8, 4) is 0 Å². The van der Waals surface area contributed by atoms with E-state index in [0.717, 1.165) is 37.1 Å². The third-order valence-corrected chi connectivity index (χ3v) is 3.38. The Balaban J connectivity index is 2.30. The molecule has 0 saturated heterocycles. The second kappa shape index (κ2) is 4.17. The van der Waals surface area contributed by atoms with Crippen molar-refractivity contribution >= 4 is 0 Å². The minimum absolute atomic E-state index is 0.0828. The third kappa shape index (κ3) is 1.98. The van der Waals surface area contributed by atoms with Crippen LogP contribution in [0.25, 0.3) is 0 Å². The molecule has 0 saturated carbocycles. The van der Waals surface area contributed by atoms with E-state index < -0.39 is 0 Å². The molecule has 1 aliphatic heterocycles. The van der Waals surface area contributed by atoms with Crippen molar-refractivity contribution in [2.24, 2.45) is 5.92 Å². The summed E-state index contributed by atoms with van der Waals surface area (Å²) in [5.74, 6) is 2.97. The normalized spacial score (nSPS) is 20.9. The molecule has 1 N–H and O–H groups in total. The number of nitrogens with one attached hydrogen (secondary N) is 1. The summed E-state index contributed by atoms with van der Waals surface area (Å²) in [6.45, 7) is 10.8. The highest BCUT2D eigenvalue weighted by molar-refractivity contribution is 5.08. The Kier molecular flexibility index (Phi) is 3.02. The Bertz CT molecular complexity index is 367. The molecule has 1 aliphatic rings. The number of hydrogen-bond acceptors (Lipinski definition) is 3. The van der Waals surface area contributed by atoms with Gasteiger partial charge in [0, 0.05) is 13.0 Å². The first kappa shape index (κ1) is 11.6. The molecule has 0 radical (unpaired) electrons. The molecule has 0 spiro atoms. The van der Waals surface area contributed by atoms with Gasteiger partial charge in [-0.1, -0.05) is 13.8 Å². The van der Waals surface area contributed by atoms with Crippen molar-refractivity contribution in [1.29, 1.82) is 0 Å². The lowest BCUT2D eigenvalue weighted by atomic mass is 9.98. The molecule has 2 heterocycles. The molecule has 0 aromatic carbocycles. The number of aromatic nitrogens is 3. The van der Waals surface area contributed by atoms with Gasteiger partial charge in [0.15, 0.2) is 5.82 Å². The van der Waals surface area contributed by atoms with Crippen LogP contribution in [0.3, 0.4) is 0 Å². The van der Waals surface area contributed by atoms with Gasteiger partial charge in [0.2, 0.25) is 0 Å². The van der Waals surface area contributed by atoms with Gasteiger partial charge in [0.25, 0.3) is 0 Å². The fourth-order valence-electron chi connectivity index (χ4n) is 2.47. The van der Waals surface area contributed by atoms with E-state index in [4.69, 9.17) is 0 Å². The molecule has 0 aliphatic carbocycles. The molecule has 4 heteroatoms. The van der Waals surface area contributed by atoms with Gasteiger partial charge >= 0.3 is 0 Å². The summed E-state index contributed by atoms with van der Waals surface area (Å²) in [6.07, 6.45) is 2.30. The van der Waals surface area contributed by atoms with Crippen LogP contribution in [0.1, 0.15) is 45.8 Å². The van der Waals surface area contributed by atoms with E-state index in [2.05, 4.69) is 47.8 Å². The average molecular weight is 222 g/mol. The highest BCUT2D eigenvalue weighted by atomic mass is 15.3. The van der Waals surface area contributed by atoms with Crippen molar-refractivity contribution < 1.29 is 0 Å². The first-order valence-electron chi connectivity index (χ1n) is 6.22. The van der Waals surface area contributed by atoms with Crippen LogP contribution in [0.4, 0.5) is 0 Å². The predicted molar refractivity (Wildman–Crippen MR) is 64.2 cm³/mol. The summed E-state index contributed by atoms with van der Waals surface area (Å²) in [5.41, 5.74) is -0.0828. The number of fused-ring (bicyclic) bond motifs is 1. The smallest absolute Gasteiger partial charge is 0.152 e. The predicted octanol–water partition coefficient (Wildman–Crippen LogP) is 1.70. The molecule has 0 fully saturated rings. The van der Waals surface area contributed by atoms with Crippen LogP contribution in [-0.2, 0) is 18.5 Å². The van der Waals surface area contributed by atoms with Crippen molar-refractivity contribution in [2.75, 3.05) is 6.54 Å². The van der Waals surface area contributed by atoms with E-state index in [1.807, 2.05) is 0 Å². The van der Waals surface area contributed by atoms with Crippen molar-refractivity contribution in [1.82, 2.24) is 20.1 Å². The quantitative estimate of drug-likeness (QED) is 0.846. The summed E-state index contributed by atoms with van der Waals surface area (Å²) in [4.78, 5) is 0. The Morgan fingerprint density at radius 2 is 2.19 bits per heavy atom. The first-order chi connectivity index (χ1) is 7.54. The Hall–Kier alpha value is -0.900. The van der Waals surface area contributed by atoms with Crippen LogP contribution in [-0.4, -0.2) is 21.3 Å². The van der Waals surface area contributed by atoms with Crippen molar-refractivity contribution in [3.63, 3.8) is 0 Å². The van der Waals surface area contributed by atoms with E-state index in [1.165, 1.54) is 6.42 Å². The molecular weight excluding hydrogens is 200 g/mol. The molecule has 4 nitrogen and oxygen atoms in total. The first-order valence-corrected chi connectivity index (χ1v) is 6.22. The molecule has 1 aromatic rings. The Morgan fingerprint density at radius 3 is 2.88 bits per heavy atom. The topological polar surface area (TPSA) is 42.7 Å². The fourth-order valence-corrected chi connectivity index (χ4v) is 2.47. The second-order valence-corrected chi connectivity index (χ2v) is 5.34. The average Bonchev–Trinajstić information content (AvgIpc) is 2.60. The standard InChI is InChI=1S/C12H22N4/c1-5-13-12(3,4)11-15-14-10-8-9(2)6-7-16(10)11/h9,13H,5-8H2,1-4H3. The third-order valence-electron chi connectivity index (χ3n) is 3.38. The lowest BCUT2D eigenvalue weighted by Gasteiger charge is -2.28. The zero-order valence-corrected chi connectivity index (χ0v) is 10.7. The zero-order valence-electron chi connectivity index (χ0n) is 10.7. The van der Waals surface area contributed by atoms with Crippen LogP contribution < -0.4 is 5.32 Å². The molecule has 90 valence electrons. The van der Waals surface area contributed by atoms with E-state index in [0.29, 0.717) is 0 Å². The van der Waals surface area contributed by atoms with Gasteiger partial charge in [-0.3, -0.25) is 0 Å². The summed E-state index contributed by atoms with van der Waals surface area (Å²) in [6, 6.07) is 0. The summed E-state index contributed by atoms with van der Waals surface area (Å²) in [7, 11) is 0. The van der Waals surface area contributed by atoms with Crippen LogP contribution in [0.2, 0.25) is 0 Å². The highest BCUT2D eigenvalue weighted by Crippen LogP contribution is 2.25. The summed E-state index contributed by atoms with van der Waals surface area (Å²) in [5, 5.41) is 12.2. The maximum atomic E-state index is 4.37. The van der Waals surface area contributed by atoms with Crippen LogP contribution >= 0.6 is 0 Å². The number of hydrogen-bond donors (Lipinski definition) is 1. The SMILES string of the molecule is CCNC(C)(C)c1nnc2n1CCC(C)C2. The molecule has 1 aromatic heterocycles. The maximum Gasteiger partial charge on any atom is 0.152 e. The van der Waals surface area contributed by atoms with Gasteiger partial charge in [-0.2, -0.15) is 0 Å². The minimum atomic E-state index is -0.0828. The molecular formula is C12H22N4. The minimum Gasteiger partial charge on any atom is -0.313 e. The molecule has 16 heavy (non-hydrogen) atoms. The van der Waals surface area contributed by atoms with Gasteiger partial charge in [0.1, 0.15) is 5.82 Å². The lowest BCUT2D eigenvalue weighted by molar-refractivity contribution is 0.342. The van der Waals surface area contributed by atoms with Crippen molar-refractivity contribution in [3.05, 3.63) is 11.6 Å². The zero-order chi connectivity index (χ0) is 11.8. The Labute approximate surface area is 97.5 Å². The molecule has 1 atom stereocenters. The second-order valence-electron chi connectivity index (χ2n) is 5.34. The van der Waals surface area contributed by atoms with E-state index in [1.54, 1.807) is 0 Å². The molecule has 0 amide bonds. The molecule has 0 bridgehead atoms. The van der Waals surface area contributed by atoms with E-state index in [-0.39, 0.29) is 5.54 Å². The van der Waals surface area contributed by atoms with Gasteiger partial charge in [-0.05, 0) is 32.7 Å². The van der Waals surface area contributed by atoms with Crippen LogP contribution in [0.15, 0.2) is 0 Å². The largest absolute Gasteiger partial charge is 0.313 e. The summed E-state index contributed by atoms with van der Waals surface area (Å²) < 4.78 is 2.29. The van der Waals surface area contributed by atoms with Gasteiger partial charge in [0.05, 0.1) is 5.54 Å². The maximum absolute atomic E-state index is 4.37.